The molecule has 0 aliphatic heterocycles. The Morgan fingerprint density at radius 2 is 1.79 bits per heavy atom. The van der Waals surface area contributed by atoms with E-state index in [4.69, 9.17) is 5.11 Å². The number of rotatable bonds is 6. The molecular weight excluding hydrogens is 296 g/mol. The van der Waals surface area contributed by atoms with E-state index in [9.17, 15) is 4.79 Å². The molecule has 1 N–H and O–H groups in total. The first-order chi connectivity index (χ1) is 9.15. The zero-order chi connectivity index (χ0) is 13.7. The quantitative estimate of drug-likeness (QED) is 0.623. The van der Waals surface area contributed by atoms with Crippen LogP contribution in [0.2, 0.25) is 0 Å². The second-order valence-electron chi connectivity index (χ2n) is 3.96. The van der Waals surface area contributed by atoms with Crippen LogP contribution in [0.4, 0.5) is 0 Å². The SMILES string of the molecule is Cc1ccc(SCCSc2csc(C(=O)O)c2)cc1. The van der Waals surface area contributed by atoms with Crippen LogP contribution >= 0.6 is 34.9 Å². The van der Waals surface area contributed by atoms with Gasteiger partial charge in [-0.1, -0.05) is 17.7 Å². The van der Waals surface area contributed by atoms with Gasteiger partial charge in [0, 0.05) is 26.7 Å². The van der Waals surface area contributed by atoms with Gasteiger partial charge in [0.15, 0.2) is 0 Å². The lowest BCUT2D eigenvalue weighted by Gasteiger charge is -2.01. The van der Waals surface area contributed by atoms with Crippen LogP contribution in [-0.4, -0.2) is 22.6 Å². The minimum atomic E-state index is -0.842. The molecule has 0 saturated heterocycles. The molecule has 2 nitrogen and oxygen atoms in total. The van der Waals surface area contributed by atoms with Crippen LogP contribution in [0.5, 0.6) is 0 Å². The van der Waals surface area contributed by atoms with Crippen molar-refractivity contribution in [3.63, 3.8) is 0 Å². The molecule has 100 valence electrons. The summed E-state index contributed by atoms with van der Waals surface area (Å²) in [6.45, 7) is 2.08. The van der Waals surface area contributed by atoms with Gasteiger partial charge >= 0.3 is 5.97 Å². The van der Waals surface area contributed by atoms with Crippen molar-refractivity contribution in [3.8, 4) is 0 Å². The molecule has 1 heterocycles. The van der Waals surface area contributed by atoms with E-state index in [0.29, 0.717) is 4.88 Å². The molecule has 19 heavy (non-hydrogen) atoms. The average Bonchev–Trinajstić information content (AvgIpc) is 2.86. The third-order valence-electron chi connectivity index (χ3n) is 2.43. The number of thioether (sulfide) groups is 2. The van der Waals surface area contributed by atoms with Gasteiger partial charge < -0.3 is 5.11 Å². The van der Waals surface area contributed by atoms with Gasteiger partial charge in [-0.15, -0.1) is 34.9 Å². The van der Waals surface area contributed by atoms with E-state index in [1.54, 1.807) is 17.8 Å². The molecule has 0 amide bonds. The monoisotopic (exact) mass is 310 g/mol. The van der Waals surface area contributed by atoms with Crippen LogP contribution in [0.15, 0.2) is 45.5 Å². The molecule has 0 aliphatic carbocycles. The van der Waals surface area contributed by atoms with Gasteiger partial charge in [-0.2, -0.15) is 0 Å². The van der Waals surface area contributed by atoms with E-state index in [1.807, 2.05) is 17.1 Å². The van der Waals surface area contributed by atoms with E-state index in [-0.39, 0.29) is 0 Å². The van der Waals surface area contributed by atoms with E-state index >= 15 is 0 Å². The Kier molecular flexibility index (Phi) is 5.36. The first-order valence-corrected chi connectivity index (χ1v) is 8.64. The Bertz CT molecular complexity index is 546. The zero-order valence-electron chi connectivity index (χ0n) is 10.5. The number of carboxylic acids is 1. The number of carboxylic acid groups (broad SMARTS) is 1. The fourth-order valence-electron chi connectivity index (χ4n) is 1.46. The number of benzene rings is 1. The summed E-state index contributed by atoms with van der Waals surface area (Å²) in [6, 6.07) is 10.3. The molecule has 2 aromatic rings. The zero-order valence-corrected chi connectivity index (χ0v) is 12.9. The van der Waals surface area contributed by atoms with Crippen molar-refractivity contribution < 1.29 is 9.90 Å². The molecule has 1 aromatic heterocycles. The molecular formula is C14H14O2S3. The fourth-order valence-corrected chi connectivity index (χ4v) is 4.23. The summed E-state index contributed by atoms with van der Waals surface area (Å²) in [7, 11) is 0. The number of aryl methyl sites for hydroxylation is 1. The average molecular weight is 310 g/mol. The lowest BCUT2D eigenvalue weighted by Crippen LogP contribution is -1.90. The molecule has 0 radical (unpaired) electrons. The van der Waals surface area contributed by atoms with Crippen molar-refractivity contribution in [2.75, 3.05) is 11.5 Å². The Hall–Kier alpha value is -0.910. The van der Waals surface area contributed by atoms with Crippen molar-refractivity contribution in [2.45, 2.75) is 16.7 Å². The second kappa shape index (κ2) is 7.03. The molecule has 0 saturated carbocycles. The van der Waals surface area contributed by atoms with E-state index in [2.05, 4.69) is 31.2 Å². The van der Waals surface area contributed by atoms with E-state index in [0.717, 1.165) is 16.4 Å². The standard InChI is InChI=1S/C14H14O2S3/c1-10-2-4-11(5-3-10)17-6-7-18-12-8-13(14(15)16)19-9-12/h2-5,8-9H,6-7H2,1H3,(H,15,16). The lowest BCUT2D eigenvalue weighted by molar-refractivity contribution is 0.0702. The highest BCUT2D eigenvalue weighted by Crippen LogP contribution is 2.27. The normalized spacial score (nSPS) is 10.6. The minimum Gasteiger partial charge on any atom is -0.477 e. The van der Waals surface area contributed by atoms with E-state index < -0.39 is 5.97 Å². The smallest absolute Gasteiger partial charge is 0.345 e. The van der Waals surface area contributed by atoms with Gasteiger partial charge in [0.05, 0.1) is 0 Å². The summed E-state index contributed by atoms with van der Waals surface area (Å²) in [5.41, 5.74) is 1.28. The maximum absolute atomic E-state index is 10.8. The predicted molar refractivity (Wildman–Crippen MR) is 83.9 cm³/mol. The van der Waals surface area contributed by atoms with Crippen molar-refractivity contribution in [1.29, 1.82) is 0 Å². The Balaban J connectivity index is 1.74. The van der Waals surface area contributed by atoms with Gasteiger partial charge in [-0.3, -0.25) is 0 Å². The second-order valence-corrected chi connectivity index (χ2v) is 7.21. The summed E-state index contributed by atoms with van der Waals surface area (Å²) in [4.78, 5) is 13.5. The van der Waals surface area contributed by atoms with Gasteiger partial charge in [0.25, 0.3) is 0 Å². The summed E-state index contributed by atoms with van der Waals surface area (Å²) < 4.78 is 0. The molecule has 1 aromatic carbocycles. The highest BCUT2D eigenvalue weighted by atomic mass is 32.2. The van der Waals surface area contributed by atoms with Crippen LogP contribution in [-0.2, 0) is 0 Å². The Morgan fingerprint density at radius 3 is 2.37 bits per heavy atom. The summed E-state index contributed by atoms with van der Waals surface area (Å²) in [6.07, 6.45) is 0. The minimum absolute atomic E-state index is 0.411. The third-order valence-corrected chi connectivity index (χ3v) is 5.74. The maximum atomic E-state index is 10.8. The van der Waals surface area contributed by atoms with Gasteiger partial charge in [-0.25, -0.2) is 4.79 Å². The van der Waals surface area contributed by atoms with Crippen molar-refractivity contribution in [2.24, 2.45) is 0 Å². The van der Waals surface area contributed by atoms with Gasteiger partial charge in [0.1, 0.15) is 4.88 Å². The number of hydrogen-bond donors (Lipinski definition) is 1. The Morgan fingerprint density at radius 1 is 1.16 bits per heavy atom. The summed E-state index contributed by atoms with van der Waals surface area (Å²) in [5.74, 6) is 1.16. The topological polar surface area (TPSA) is 37.3 Å². The lowest BCUT2D eigenvalue weighted by atomic mass is 10.2. The van der Waals surface area contributed by atoms with Crippen molar-refractivity contribution >= 4 is 40.8 Å². The van der Waals surface area contributed by atoms with Crippen molar-refractivity contribution in [1.82, 2.24) is 0 Å². The van der Waals surface area contributed by atoms with Gasteiger partial charge in [0.2, 0.25) is 0 Å². The number of carbonyl (C=O) groups is 1. The highest BCUT2D eigenvalue weighted by molar-refractivity contribution is 8.03. The summed E-state index contributed by atoms with van der Waals surface area (Å²) >= 11 is 4.82. The summed E-state index contributed by atoms with van der Waals surface area (Å²) in [5, 5.41) is 10.7. The van der Waals surface area contributed by atoms with Crippen molar-refractivity contribution in [3.05, 3.63) is 46.2 Å². The predicted octanol–water partition coefficient (Wildman–Crippen LogP) is 4.64. The molecule has 2 rings (SSSR count). The number of aromatic carboxylic acids is 1. The van der Waals surface area contributed by atoms with Crippen LogP contribution < -0.4 is 0 Å². The van der Waals surface area contributed by atoms with Crippen LogP contribution in [0, 0.1) is 6.92 Å². The molecule has 0 bridgehead atoms. The molecule has 5 heteroatoms. The van der Waals surface area contributed by atoms with Gasteiger partial charge in [-0.05, 0) is 25.1 Å². The molecule has 0 fully saturated rings. The fraction of sp³-hybridized carbons (Fsp3) is 0.214. The molecule has 0 spiro atoms. The first-order valence-electron chi connectivity index (χ1n) is 5.79. The first kappa shape index (κ1) is 14.5. The number of thiophene rings is 1. The van der Waals surface area contributed by atoms with E-state index in [1.165, 1.54) is 21.8 Å². The largest absolute Gasteiger partial charge is 0.477 e. The molecule has 0 atom stereocenters. The molecule has 0 aliphatic rings. The van der Waals surface area contributed by atoms with Crippen LogP contribution in [0.3, 0.4) is 0 Å². The Labute approximate surface area is 125 Å². The van der Waals surface area contributed by atoms with Crippen LogP contribution in [0.25, 0.3) is 0 Å². The third kappa shape index (κ3) is 4.60. The number of hydrogen-bond acceptors (Lipinski definition) is 4. The highest BCUT2D eigenvalue weighted by Gasteiger charge is 2.06. The maximum Gasteiger partial charge on any atom is 0.345 e. The van der Waals surface area contributed by atoms with Crippen LogP contribution in [0.1, 0.15) is 15.2 Å². The molecule has 0 unspecified atom stereocenters.